The van der Waals surface area contributed by atoms with Crippen LogP contribution in [0.4, 0.5) is 9.59 Å². The van der Waals surface area contributed by atoms with Crippen molar-refractivity contribution in [2.75, 3.05) is 27.3 Å². The van der Waals surface area contributed by atoms with Gasteiger partial charge < -0.3 is 39.1 Å². The lowest BCUT2D eigenvalue weighted by Crippen LogP contribution is -2.36. The summed E-state index contributed by atoms with van der Waals surface area (Å²) in [5, 5.41) is 4.61. The third-order valence-electron chi connectivity index (χ3n) is 5.65. The molecule has 0 bridgehead atoms. The molecule has 0 aliphatic carbocycles. The Labute approximate surface area is 284 Å². The van der Waals surface area contributed by atoms with Crippen molar-refractivity contribution in [3.05, 3.63) is 59.7 Å². The number of benzene rings is 2. The van der Waals surface area contributed by atoms with Crippen LogP contribution in [0.25, 0.3) is 12.2 Å². The molecule has 2 N–H and O–H groups in total. The van der Waals surface area contributed by atoms with Crippen molar-refractivity contribution in [1.29, 1.82) is 0 Å². The first kappa shape index (κ1) is 39.5. The summed E-state index contributed by atoms with van der Waals surface area (Å²) in [5.41, 5.74) is -0.370. The van der Waals surface area contributed by atoms with Crippen LogP contribution in [-0.4, -0.2) is 74.2 Å². The van der Waals surface area contributed by atoms with Gasteiger partial charge in [-0.2, -0.15) is 0 Å². The van der Waals surface area contributed by atoms with Crippen LogP contribution in [-0.2, 0) is 28.7 Å². The fourth-order valence-corrected chi connectivity index (χ4v) is 3.65. The molecule has 0 unspecified atom stereocenters. The van der Waals surface area contributed by atoms with Gasteiger partial charge in [-0.15, -0.1) is 0 Å². The maximum absolute atomic E-state index is 12.4. The van der Waals surface area contributed by atoms with Crippen LogP contribution in [0, 0.1) is 0 Å². The minimum Gasteiger partial charge on any atom is -0.493 e. The molecule has 0 aliphatic rings. The highest BCUT2D eigenvalue weighted by Gasteiger charge is 2.19. The second-order valence-electron chi connectivity index (χ2n) is 12.3. The molecule has 2 aromatic carbocycles. The average molecular weight is 683 g/mol. The van der Waals surface area contributed by atoms with E-state index in [1.807, 2.05) is 0 Å². The van der Waals surface area contributed by atoms with Crippen molar-refractivity contribution in [3.63, 3.8) is 0 Å². The van der Waals surface area contributed by atoms with Gasteiger partial charge >= 0.3 is 24.1 Å². The Kier molecular flexibility index (Phi) is 14.5. The van der Waals surface area contributed by atoms with E-state index in [0.717, 1.165) is 0 Å². The van der Waals surface area contributed by atoms with Gasteiger partial charge in [-0.1, -0.05) is 24.3 Å². The fraction of sp³-hybridized carbons (Fsp3) is 0.371. The molecular formula is C35H42N2O12. The Morgan fingerprint density at radius 2 is 0.959 bits per heavy atom. The van der Waals surface area contributed by atoms with Gasteiger partial charge in [0.05, 0.1) is 20.6 Å². The predicted molar refractivity (Wildman–Crippen MR) is 178 cm³/mol. The molecule has 0 aliphatic heterocycles. The third-order valence-corrected chi connectivity index (χ3v) is 5.65. The van der Waals surface area contributed by atoms with Crippen LogP contribution in [0.1, 0.15) is 59.1 Å². The molecule has 14 heteroatoms. The predicted octanol–water partition coefficient (Wildman–Crippen LogP) is 4.82. The first-order chi connectivity index (χ1) is 22.9. The minimum atomic E-state index is -0.766. The Morgan fingerprint density at radius 3 is 1.29 bits per heavy atom. The first-order valence-electron chi connectivity index (χ1n) is 15.0. The summed E-state index contributed by atoms with van der Waals surface area (Å²) in [6, 6.07) is 9.13. The summed E-state index contributed by atoms with van der Waals surface area (Å²) in [7, 11) is 2.75. The molecular weight excluding hydrogens is 640 g/mol. The van der Waals surface area contributed by atoms with Gasteiger partial charge in [-0.05, 0) is 89.1 Å². The number of carbonyl (C=O) groups is 6. The molecule has 49 heavy (non-hydrogen) atoms. The number of methoxy groups -OCH3 is 2. The van der Waals surface area contributed by atoms with Crippen LogP contribution in [0.5, 0.6) is 23.0 Å². The molecule has 0 radical (unpaired) electrons. The van der Waals surface area contributed by atoms with Crippen molar-refractivity contribution in [2.24, 2.45) is 0 Å². The Hall–Kier alpha value is -5.66. The number of carbonyl (C=O) groups excluding carboxylic acids is 6. The molecule has 0 aromatic heterocycles. The number of ether oxygens (including phenoxy) is 6. The number of nitrogens with one attached hydrogen (secondary N) is 2. The maximum Gasteiger partial charge on any atom is 0.408 e. The van der Waals surface area contributed by atoms with Gasteiger partial charge in [0.1, 0.15) is 24.3 Å². The van der Waals surface area contributed by atoms with Gasteiger partial charge in [0.25, 0.3) is 0 Å². The summed E-state index contributed by atoms with van der Waals surface area (Å²) in [6.07, 6.45) is 3.50. The summed E-state index contributed by atoms with van der Waals surface area (Å²) in [5.74, 6) is -1.83. The van der Waals surface area contributed by atoms with E-state index >= 15 is 0 Å². The van der Waals surface area contributed by atoms with E-state index < -0.39 is 66.4 Å². The Balaban J connectivity index is 1.91. The quantitative estimate of drug-likeness (QED) is 0.120. The summed E-state index contributed by atoms with van der Waals surface area (Å²) < 4.78 is 31.2. The molecule has 0 saturated heterocycles. The van der Waals surface area contributed by atoms with Crippen LogP contribution < -0.4 is 29.6 Å². The summed E-state index contributed by atoms with van der Waals surface area (Å²) in [6.45, 7) is 9.29. The number of hydrogen-bond acceptors (Lipinski definition) is 12. The lowest BCUT2D eigenvalue weighted by atomic mass is 10.1. The molecule has 0 spiro atoms. The molecule has 0 heterocycles. The van der Waals surface area contributed by atoms with Gasteiger partial charge in [0.15, 0.2) is 34.6 Å². The highest BCUT2D eigenvalue weighted by atomic mass is 16.6. The largest absolute Gasteiger partial charge is 0.493 e. The normalized spacial score (nSPS) is 11.4. The highest BCUT2D eigenvalue weighted by molar-refractivity contribution is 6.10. The molecule has 14 nitrogen and oxygen atoms in total. The van der Waals surface area contributed by atoms with Crippen LogP contribution >= 0.6 is 0 Å². The van der Waals surface area contributed by atoms with Crippen molar-refractivity contribution in [1.82, 2.24) is 10.6 Å². The van der Waals surface area contributed by atoms with Gasteiger partial charge in [-0.3, -0.25) is 9.59 Å². The van der Waals surface area contributed by atoms with Crippen LogP contribution in [0.15, 0.2) is 48.6 Å². The fourth-order valence-electron chi connectivity index (χ4n) is 3.65. The zero-order valence-electron chi connectivity index (χ0n) is 28.8. The van der Waals surface area contributed by atoms with Crippen molar-refractivity contribution in [3.8, 4) is 23.0 Å². The molecule has 2 rings (SSSR count). The third kappa shape index (κ3) is 15.7. The van der Waals surface area contributed by atoms with Gasteiger partial charge in [0, 0.05) is 0 Å². The number of amides is 2. The SMILES string of the molecule is COc1cc(/C=C/C(=O)CC(=O)/C=C/c2ccc(OC(=O)CNC(=O)OC(C)(C)C)c(OC)c2)ccc1OC(=O)CNC(=O)OC(C)(C)C. The highest BCUT2D eigenvalue weighted by Crippen LogP contribution is 2.30. The van der Waals surface area contributed by atoms with Gasteiger partial charge in [-0.25, -0.2) is 19.2 Å². The molecule has 0 fully saturated rings. The summed E-state index contributed by atoms with van der Waals surface area (Å²) in [4.78, 5) is 72.7. The number of rotatable bonds is 14. The number of hydrogen-bond donors (Lipinski definition) is 2. The van der Waals surface area contributed by atoms with Crippen molar-refractivity contribution in [2.45, 2.75) is 59.2 Å². The Bertz CT molecular complexity index is 1480. The molecule has 2 amide bonds. The van der Waals surface area contributed by atoms with Crippen molar-refractivity contribution < 1.29 is 57.2 Å². The van der Waals surface area contributed by atoms with Crippen molar-refractivity contribution >= 4 is 47.8 Å². The standard InChI is InChI=1S/C35H42N2O12/c1-34(2,3)48-32(42)36-20-30(40)46-26-15-11-22(17-28(26)44-7)9-13-24(38)19-25(39)14-10-23-12-16-27(29(18-23)45-8)47-31(41)21-37-33(43)49-35(4,5)6/h9-18H,19-21H2,1-8H3,(H,36,42)(H,37,43)/b13-9+,14-10+. The summed E-state index contributed by atoms with van der Waals surface area (Å²) >= 11 is 0. The van der Waals surface area contributed by atoms with E-state index in [1.54, 1.807) is 53.7 Å². The van der Waals surface area contributed by atoms with E-state index in [2.05, 4.69) is 10.6 Å². The lowest BCUT2D eigenvalue weighted by Gasteiger charge is -2.19. The van der Waals surface area contributed by atoms with E-state index in [-0.39, 0.29) is 23.0 Å². The van der Waals surface area contributed by atoms with E-state index in [4.69, 9.17) is 28.4 Å². The number of allylic oxidation sites excluding steroid dienone is 2. The second-order valence-corrected chi connectivity index (χ2v) is 12.3. The van der Waals surface area contributed by atoms with Gasteiger partial charge in [0.2, 0.25) is 0 Å². The molecule has 0 atom stereocenters. The van der Waals surface area contributed by atoms with Crippen LogP contribution in [0.3, 0.4) is 0 Å². The molecule has 264 valence electrons. The second kappa shape index (κ2) is 18.0. The van der Waals surface area contributed by atoms with E-state index in [9.17, 15) is 28.8 Å². The minimum absolute atomic E-state index is 0.0975. The zero-order chi connectivity index (χ0) is 36.8. The number of ketones is 2. The Morgan fingerprint density at radius 1 is 0.592 bits per heavy atom. The molecule has 2 aromatic rings. The first-order valence-corrected chi connectivity index (χ1v) is 15.0. The average Bonchev–Trinajstić information content (AvgIpc) is 3.00. The monoisotopic (exact) mass is 682 g/mol. The van der Waals surface area contributed by atoms with Crippen LogP contribution in [0.2, 0.25) is 0 Å². The molecule has 0 saturated carbocycles. The van der Waals surface area contributed by atoms with E-state index in [0.29, 0.717) is 11.1 Å². The topological polar surface area (TPSA) is 182 Å². The maximum atomic E-state index is 12.4. The number of esters is 2. The smallest absolute Gasteiger partial charge is 0.408 e. The van der Waals surface area contributed by atoms with E-state index in [1.165, 1.54) is 62.8 Å². The zero-order valence-corrected chi connectivity index (χ0v) is 28.8. The lowest BCUT2D eigenvalue weighted by molar-refractivity contribution is -0.134. The number of alkyl carbamates (subject to hydrolysis) is 2.